The zero-order valence-electron chi connectivity index (χ0n) is 15.5. The van der Waals surface area contributed by atoms with Crippen LogP contribution in [0.4, 0.5) is 11.6 Å². The number of nitrogens with one attached hydrogen (secondary N) is 1. The molecule has 0 saturated carbocycles. The van der Waals surface area contributed by atoms with Crippen molar-refractivity contribution >= 4 is 17.5 Å². The summed E-state index contributed by atoms with van der Waals surface area (Å²) in [6.45, 7) is 5.25. The monoisotopic (exact) mass is 355 g/mol. The number of rotatable bonds is 5. The van der Waals surface area contributed by atoms with E-state index in [1.54, 1.807) is 0 Å². The normalized spacial score (nSPS) is 14.2. The van der Waals surface area contributed by atoms with Crippen molar-refractivity contribution in [2.75, 3.05) is 50.2 Å². The summed E-state index contributed by atoms with van der Waals surface area (Å²) in [5, 5.41) is 2.95. The van der Waals surface area contributed by atoms with Crippen LogP contribution in [0.15, 0.2) is 30.3 Å². The fourth-order valence-corrected chi connectivity index (χ4v) is 2.81. The number of carbonyl (C=O) groups excluding carboxylic acids is 1. The Hall–Kier alpha value is -2.67. The third kappa shape index (κ3) is 4.49. The third-order valence-electron chi connectivity index (χ3n) is 4.24. The lowest BCUT2D eigenvalue weighted by Gasteiger charge is -2.27. The third-order valence-corrected chi connectivity index (χ3v) is 4.24. The van der Waals surface area contributed by atoms with Crippen molar-refractivity contribution in [2.24, 2.45) is 0 Å². The number of benzene rings is 1. The number of aromatic nitrogens is 2. The molecule has 2 heterocycles. The smallest absolute Gasteiger partial charge is 0.251 e. The van der Waals surface area contributed by atoms with Gasteiger partial charge in [0, 0.05) is 44.1 Å². The van der Waals surface area contributed by atoms with Crippen LogP contribution in [-0.4, -0.2) is 56.3 Å². The summed E-state index contributed by atoms with van der Waals surface area (Å²) < 4.78 is 5.38. The zero-order valence-corrected chi connectivity index (χ0v) is 15.5. The maximum atomic E-state index is 12.5. The molecule has 0 unspecified atom stereocenters. The van der Waals surface area contributed by atoms with E-state index in [9.17, 15) is 4.79 Å². The number of aryl methyl sites for hydroxylation is 1. The van der Waals surface area contributed by atoms with Gasteiger partial charge in [-0.25, -0.2) is 9.97 Å². The second-order valence-electron chi connectivity index (χ2n) is 6.53. The van der Waals surface area contributed by atoms with Crippen molar-refractivity contribution < 1.29 is 9.53 Å². The van der Waals surface area contributed by atoms with Crippen LogP contribution >= 0.6 is 0 Å². The molecule has 0 aliphatic carbocycles. The molecule has 1 aliphatic rings. The highest BCUT2D eigenvalue weighted by Crippen LogP contribution is 2.14. The van der Waals surface area contributed by atoms with Gasteiger partial charge in [-0.2, -0.15) is 0 Å². The van der Waals surface area contributed by atoms with Crippen molar-refractivity contribution in [3.63, 3.8) is 0 Å². The molecule has 138 valence electrons. The summed E-state index contributed by atoms with van der Waals surface area (Å²) in [7, 11) is 3.90. The minimum atomic E-state index is -0.113. The molecule has 1 aromatic carbocycles. The van der Waals surface area contributed by atoms with Gasteiger partial charge in [-0.05, 0) is 31.2 Å². The molecule has 1 aromatic heterocycles. The van der Waals surface area contributed by atoms with Crippen LogP contribution in [0.1, 0.15) is 21.7 Å². The van der Waals surface area contributed by atoms with Crippen LogP contribution in [0, 0.1) is 6.92 Å². The second kappa shape index (κ2) is 8.14. The van der Waals surface area contributed by atoms with Crippen LogP contribution in [0.5, 0.6) is 0 Å². The quantitative estimate of drug-likeness (QED) is 0.879. The molecule has 0 spiro atoms. The standard InChI is InChI=1S/C19H25N5O2/c1-14-11-16(22-19(21-14)24-7-9-26-10-8-24)13-20-18(25)15-5-4-6-17(12-15)23(2)3/h4-6,11-12H,7-10,13H2,1-3H3,(H,20,25). The van der Waals surface area contributed by atoms with Gasteiger partial charge in [0.05, 0.1) is 25.5 Å². The van der Waals surface area contributed by atoms with E-state index < -0.39 is 0 Å². The predicted octanol–water partition coefficient (Wildman–Crippen LogP) is 1.62. The average Bonchev–Trinajstić information content (AvgIpc) is 2.66. The topological polar surface area (TPSA) is 70.6 Å². The minimum Gasteiger partial charge on any atom is -0.378 e. The molecular weight excluding hydrogens is 330 g/mol. The van der Waals surface area contributed by atoms with E-state index in [1.165, 1.54) is 0 Å². The SMILES string of the molecule is Cc1cc(CNC(=O)c2cccc(N(C)C)c2)nc(N2CCOCC2)n1. The average molecular weight is 355 g/mol. The van der Waals surface area contributed by atoms with Gasteiger partial charge in [-0.3, -0.25) is 4.79 Å². The lowest BCUT2D eigenvalue weighted by Crippen LogP contribution is -2.37. The van der Waals surface area contributed by atoms with Crippen LogP contribution < -0.4 is 15.1 Å². The van der Waals surface area contributed by atoms with E-state index in [4.69, 9.17) is 4.74 Å². The van der Waals surface area contributed by atoms with Crippen molar-refractivity contribution in [3.05, 3.63) is 47.3 Å². The van der Waals surface area contributed by atoms with E-state index in [1.807, 2.05) is 56.3 Å². The molecule has 1 N–H and O–H groups in total. The number of anilines is 2. The molecule has 7 nitrogen and oxygen atoms in total. The zero-order chi connectivity index (χ0) is 18.5. The van der Waals surface area contributed by atoms with Crippen LogP contribution in [0.2, 0.25) is 0 Å². The van der Waals surface area contributed by atoms with Gasteiger partial charge in [0.15, 0.2) is 0 Å². The minimum absolute atomic E-state index is 0.113. The predicted molar refractivity (Wildman–Crippen MR) is 102 cm³/mol. The van der Waals surface area contributed by atoms with Gasteiger partial charge in [-0.1, -0.05) is 6.07 Å². The number of carbonyl (C=O) groups is 1. The summed E-state index contributed by atoms with van der Waals surface area (Å²) in [6, 6.07) is 9.45. The molecule has 1 amide bonds. The first-order chi connectivity index (χ1) is 12.5. The number of nitrogens with zero attached hydrogens (tertiary/aromatic N) is 4. The molecule has 3 rings (SSSR count). The largest absolute Gasteiger partial charge is 0.378 e. The number of hydrogen-bond acceptors (Lipinski definition) is 6. The van der Waals surface area contributed by atoms with E-state index in [-0.39, 0.29) is 5.91 Å². The molecule has 1 fully saturated rings. The highest BCUT2D eigenvalue weighted by molar-refractivity contribution is 5.95. The molecule has 1 aliphatic heterocycles. The number of hydrogen-bond donors (Lipinski definition) is 1. The highest BCUT2D eigenvalue weighted by Gasteiger charge is 2.15. The van der Waals surface area contributed by atoms with Crippen molar-refractivity contribution in [2.45, 2.75) is 13.5 Å². The first kappa shape index (κ1) is 18.1. The highest BCUT2D eigenvalue weighted by atomic mass is 16.5. The van der Waals surface area contributed by atoms with Gasteiger partial charge in [-0.15, -0.1) is 0 Å². The number of ether oxygens (including phenoxy) is 1. The number of morpholine rings is 1. The van der Waals surface area contributed by atoms with Crippen molar-refractivity contribution in [1.29, 1.82) is 0 Å². The fraction of sp³-hybridized carbons (Fsp3) is 0.421. The lowest BCUT2D eigenvalue weighted by atomic mass is 10.2. The van der Waals surface area contributed by atoms with Crippen LogP contribution in [0.25, 0.3) is 0 Å². The molecule has 1 saturated heterocycles. The molecule has 0 radical (unpaired) electrons. The van der Waals surface area contributed by atoms with Gasteiger partial charge in [0.2, 0.25) is 5.95 Å². The Kier molecular flexibility index (Phi) is 5.68. The van der Waals surface area contributed by atoms with Crippen molar-refractivity contribution in [1.82, 2.24) is 15.3 Å². The van der Waals surface area contributed by atoms with Gasteiger partial charge in [0.25, 0.3) is 5.91 Å². The molecule has 7 heteroatoms. The Morgan fingerprint density at radius 3 is 2.73 bits per heavy atom. The molecule has 26 heavy (non-hydrogen) atoms. The molecule has 2 aromatic rings. The van der Waals surface area contributed by atoms with E-state index in [0.29, 0.717) is 31.3 Å². The molecular formula is C19H25N5O2. The summed E-state index contributed by atoms with van der Waals surface area (Å²) >= 11 is 0. The molecule has 0 bridgehead atoms. The lowest BCUT2D eigenvalue weighted by molar-refractivity contribution is 0.0950. The van der Waals surface area contributed by atoms with Gasteiger partial charge >= 0.3 is 0 Å². The van der Waals surface area contributed by atoms with E-state index in [0.717, 1.165) is 30.2 Å². The van der Waals surface area contributed by atoms with Gasteiger partial charge in [0.1, 0.15) is 0 Å². The molecule has 0 atom stereocenters. The van der Waals surface area contributed by atoms with Crippen molar-refractivity contribution in [3.8, 4) is 0 Å². The number of amides is 1. The summed E-state index contributed by atoms with van der Waals surface area (Å²) in [5.74, 6) is 0.588. The second-order valence-corrected chi connectivity index (χ2v) is 6.53. The Morgan fingerprint density at radius 1 is 1.23 bits per heavy atom. The Labute approximate surface area is 154 Å². The Morgan fingerprint density at radius 2 is 2.00 bits per heavy atom. The summed E-state index contributed by atoms with van der Waals surface area (Å²) in [5.41, 5.74) is 3.32. The van der Waals surface area contributed by atoms with Crippen LogP contribution in [0.3, 0.4) is 0 Å². The Balaban J connectivity index is 1.68. The first-order valence-corrected chi connectivity index (χ1v) is 8.76. The summed E-state index contributed by atoms with van der Waals surface area (Å²) in [6.07, 6.45) is 0. The van der Waals surface area contributed by atoms with E-state index in [2.05, 4.69) is 20.2 Å². The van der Waals surface area contributed by atoms with E-state index >= 15 is 0 Å². The maximum absolute atomic E-state index is 12.5. The summed E-state index contributed by atoms with van der Waals surface area (Å²) in [4.78, 5) is 25.7. The first-order valence-electron chi connectivity index (χ1n) is 8.76. The Bertz CT molecular complexity index is 772. The van der Waals surface area contributed by atoms with Gasteiger partial charge < -0.3 is 19.9 Å². The van der Waals surface area contributed by atoms with Crippen LogP contribution in [-0.2, 0) is 11.3 Å². The maximum Gasteiger partial charge on any atom is 0.251 e. The fourth-order valence-electron chi connectivity index (χ4n) is 2.81.